The summed E-state index contributed by atoms with van der Waals surface area (Å²) in [5.41, 5.74) is 8.42. The van der Waals surface area contributed by atoms with Crippen LogP contribution in [-0.2, 0) is 0 Å². The Kier molecular flexibility index (Phi) is 3.49. The number of nitrogens with zero attached hydrogens (tertiary/aromatic N) is 1. The van der Waals surface area contributed by atoms with Crippen molar-refractivity contribution >= 4 is 5.69 Å². The van der Waals surface area contributed by atoms with Gasteiger partial charge in [0.1, 0.15) is 0 Å². The minimum absolute atomic E-state index is 0.465. The van der Waals surface area contributed by atoms with Crippen molar-refractivity contribution in [3.8, 4) is 0 Å². The van der Waals surface area contributed by atoms with Gasteiger partial charge in [0.25, 0.3) is 0 Å². The standard InChI is InChI=1S/C11H18N2O/c1-8-4-5-9(6-10(8)12)11(14)7-13(2)3/h4-6,11,14H,7,12H2,1-3H3. The van der Waals surface area contributed by atoms with Crippen molar-refractivity contribution in [2.24, 2.45) is 0 Å². The molecule has 1 rings (SSSR count). The predicted molar refractivity (Wildman–Crippen MR) is 59.1 cm³/mol. The third kappa shape index (κ3) is 2.72. The van der Waals surface area contributed by atoms with Crippen LogP contribution in [0.2, 0.25) is 0 Å². The van der Waals surface area contributed by atoms with E-state index in [0.717, 1.165) is 16.8 Å². The molecule has 0 bridgehead atoms. The number of rotatable bonds is 3. The third-order valence-corrected chi connectivity index (χ3v) is 2.23. The number of likely N-dealkylation sites (N-methyl/N-ethyl adjacent to an activating group) is 1. The maximum Gasteiger partial charge on any atom is 0.0917 e. The summed E-state index contributed by atoms with van der Waals surface area (Å²) in [7, 11) is 3.86. The summed E-state index contributed by atoms with van der Waals surface area (Å²) in [5, 5.41) is 9.81. The molecule has 0 aromatic heterocycles. The van der Waals surface area contributed by atoms with Gasteiger partial charge >= 0.3 is 0 Å². The van der Waals surface area contributed by atoms with E-state index in [-0.39, 0.29) is 0 Å². The maximum absolute atomic E-state index is 9.81. The molecule has 3 nitrogen and oxygen atoms in total. The van der Waals surface area contributed by atoms with Gasteiger partial charge in [0.05, 0.1) is 6.10 Å². The molecule has 3 N–H and O–H groups in total. The van der Waals surface area contributed by atoms with Crippen LogP contribution >= 0.6 is 0 Å². The highest BCUT2D eigenvalue weighted by molar-refractivity contribution is 5.48. The van der Waals surface area contributed by atoms with E-state index in [2.05, 4.69) is 0 Å². The molecule has 0 saturated carbocycles. The molecular formula is C11H18N2O. The van der Waals surface area contributed by atoms with Crippen LogP contribution in [0.5, 0.6) is 0 Å². The molecule has 0 radical (unpaired) electrons. The van der Waals surface area contributed by atoms with Gasteiger partial charge in [-0.3, -0.25) is 0 Å². The summed E-state index contributed by atoms with van der Waals surface area (Å²) in [6, 6.07) is 5.69. The Hall–Kier alpha value is -1.06. The molecule has 0 amide bonds. The van der Waals surface area contributed by atoms with Gasteiger partial charge in [-0.2, -0.15) is 0 Å². The number of aliphatic hydroxyl groups excluding tert-OH is 1. The molecule has 0 heterocycles. The Morgan fingerprint density at radius 2 is 2.07 bits per heavy atom. The number of nitrogen functional groups attached to an aromatic ring is 1. The Labute approximate surface area is 85.2 Å². The van der Waals surface area contributed by atoms with Crippen molar-refractivity contribution in [3.63, 3.8) is 0 Å². The van der Waals surface area contributed by atoms with Crippen LogP contribution in [-0.4, -0.2) is 30.6 Å². The molecule has 0 spiro atoms. The average Bonchev–Trinajstić information content (AvgIpc) is 2.08. The quantitative estimate of drug-likeness (QED) is 0.710. The highest BCUT2D eigenvalue weighted by Gasteiger charge is 2.09. The fourth-order valence-electron chi connectivity index (χ4n) is 1.32. The van der Waals surface area contributed by atoms with Crippen molar-refractivity contribution in [1.29, 1.82) is 0 Å². The van der Waals surface area contributed by atoms with Crippen LogP contribution in [0.1, 0.15) is 17.2 Å². The van der Waals surface area contributed by atoms with Crippen molar-refractivity contribution in [1.82, 2.24) is 4.90 Å². The number of hydrogen-bond acceptors (Lipinski definition) is 3. The van der Waals surface area contributed by atoms with Crippen LogP contribution in [0, 0.1) is 6.92 Å². The van der Waals surface area contributed by atoms with Gasteiger partial charge in [-0.1, -0.05) is 12.1 Å². The van der Waals surface area contributed by atoms with Crippen LogP contribution in [0.15, 0.2) is 18.2 Å². The number of aryl methyl sites for hydroxylation is 1. The SMILES string of the molecule is Cc1ccc(C(O)CN(C)C)cc1N. The zero-order valence-corrected chi connectivity index (χ0v) is 8.99. The molecule has 1 unspecified atom stereocenters. The van der Waals surface area contributed by atoms with E-state index in [1.54, 1.807) is 0 Å². The Bertz CT molecular complexity index is 310. The lowest BCUT2D eigenvalue weighted by Gasteiger charge is -2.16. The minimum atomic E-state index is -0.465. The third-order valence-electron chi connectivity index (χ3n) is 2.23. The summed E-state index contributed by atoms with van der Waals surface area (Å²) in [5.74, 6) is 0. The number of aliphatic hydroxyl groups is 1. The molecule has 0 fully saturated rings. The van der Waals surface area contributed by atoms with Crippen LogP contribution < -0.4 is 5.73 Å². The minimum Gasteiger partial charge on any atom is -0.399 e. The first-order chi connectivity index (χ1) is 6.50. The lowest BCUT2D eigenvalue weighted by molar-refractivity contribution is 0.138. The number of nitrogens with two attached hydrogens (primary N) is 1. The predicted octanol–water partition coefficient (Wildman–Crippen LogP) is 1.17. The lowest BCUT2D eigenvalue weighted by atomic mass is 10.1. The van der Waals surface area contributed by atoms with Crippen LogP contribution in [0.4, 0.5) is 5.69 Å². The van der Waals surface area contributed by atoms with Gasteiger partial charge in [-0.15, -0.1) is 0 Å². The first-order valence-electron chi connectivity index (χ1n) is 4.69. The van der Waals surface area contributed by atoms with E-state index in [1.165, 1.54) is 0 Å². The van der Waals surface area contributed by atoms with Crippen molar-refractivity contribution < 1.29 is 5.11 Å². The first-order valence-corrected chi connectivity index (χ1v) is 4.69. The van der Waals surface area contributed by atoms with Crippen molar-refractivity contribution in [2.75, 3.05) is 26.4 Å². The normalized spacial score (nSPS) is 13.2. The van der Waals surface area contributed by atoms with E-state index in [9.17, 15) is 5.11 Å². The Morgan fingerprint density at radius 3 is 2.57 bits per heavy atom. The second kappa shape index (κ2) is 4.44. The van der Waals surface area contributed by atoms with Crippen molar-refractivity contribution in [2.45, 2.75) is 13.0 Å². The van der Waals surface area contributed by atoms with E-state index < -0.39 is 6.10 Å². The van der Waals surface area contributed by atoms with E-state index in [1.807, 2.05) is 44.1 Å². The molecule has 1 atom stereocenters. The van der Waals surface area contributed by atoms with Gasteiger partial charge in [-0.05, 0) is 38.2 Å². The van der Waals surface area contributed by atoms with E-state index in [0.29, 0.717) is 6.54 Å². The Balaban J connectivity index is 2.80. The molecule has 0 aliphatic carbocycles. The number of hydrogen-bond donors (Lipinski definition) is 2. The van der Waals surface area contributed by atoms with Gasteiger partial charge in [0.15, 0.2) is 0 Å². The van der Waals surface area contributed by atoms with E-state index in [4.69, 9.17) is 5.73 Å². The van der Waals surface area contributed by atoms with Gasteiger partial charge in [0.2, 0.25) is 0 Å². The number of anilines is 1. The summed E-state index contributed by atoms with van der Waals surface area (Å²) < 4.78 is 0. The average molecular weight is 194 g/mol. The molecule has 0 aliphatic heterocycles. The molecule has 14 heavy (non-hydrogen) atoms. The molecule has 1 aromatic carbocycles. The molecule has 78 valence electrons. The molecule has 3 heteroatoms. The second-order valence-electron chi connectivity index (χ2n) is 3.89. The largest absolute Gasteiger partial charge is 0.399 e. The molecular weight excluding hydrogens is 176 g/mol. The summed E-state index contributed by atoms with van der Waals surface area (Å²) in [4.78, 5) is 1.95. The highest BCUT2D eigenvalue weighted by atomic mass is 16.3. The summed E-state index contributed by atoms with van der Waals surface area (Å²) >= 11 is 0. The smallest absolute Gasteiger partial charge is 0.0917 e. The molecule has 0 aliphatic rings. The summed E-state index contributed by atoms with van der Waals surface area (Å²) in [6.45, 7) is 2.57. The summed E-state index contributed by atoms with van der Waals surface area (Å²) in [6.07, 6.45) is -0.465. The second-order valence-corrected chi connectivity index (χ2v) is 3.89. The first kappa shape index (κ1) is 11.0. The zero-order chi connectivity index (χ0) is 10.7. The maximum atomic E-state index is 9.81. The zero-order valence-electron chi connectivity index (χ0n) is 8.99. The van der Waals surface area contributed by atoms with Crippen molar-refractivity contribution in [3.05, 3.63) is 29.3 Å². The topological polar surface area (TPSA) is 49.5 Å². The van der Waals surface area contributed by atoms with Crippen LogP contribution in [0.25, 0.3) is 0 Å². The highest BCUT2D eigenvalue weighted by Crippen LogP contribution is 2.19. The Morgan fingerprint density at radius 1 is 1.43 bits per heavy atom. The van der Waals surface area contributed by atoms with Gasteiger partial charge in [-0.25, -0.2) is 0 Å². The molecule has 0 saturated heterocycles. The number of benzene rings is 1. The van der Waals surface area contributed by atoms with Crippen LogP contribution in [0.3, 0.4) is 0 Å². The monoisotopic (exact) mass is 194 g/mol. The lowest BCUT2D eigenvalue weighted by Crippen LogP contribution is -2.20. The van der Waals surface area contributed by atoms with Gasteiger partial charge in [0, 0.05) is 12.2 Å². The molecule has 1 aromatic rings. The fraction of sp³-hybridized carbons (Fsp3) is 0.455. The van der Waals surface area contributed by atoms with E-state index >= 15 is 0 Å². The van der Waals surface area contributed by atoms with Gasteiger partial charge < -0.3 is 15.7 Å². The fourth-order valence-corrected chi connectivity index (χ4v) is 1.32.